The Hall–Kier alpha value is 0.494. The number of benzene rings is 1. The zero-order valence-electron chi connectivity index (χ0n) is 8.02. The van der Waals surface area contributed by atoms with Crippen LogP contribution in [-0.4, -0.2) is 16.4 Å². The number of rotatable bonds is 2. The molecule has 0 aliphatic carbocycles. The van der Waals surface area contributed by atoms with E-state index in [9.17, 15) is 0 Å². The van der Waals surface area contributed by atoms with Crippen LogP contribution >= 0.6 is 11.6 Å². The molecular formula is C9H14ClNO2Y. The Morgan fingerprint density at radius 3 is 2.29 bits per heavy atom. The molecule has 0 aliphatic heterocycles. The van der Waals surface area contributed by atoms with Crippen molar-refractivity contribution < 1.29 is 43.0 Å². The Morgan fingerprint density at radius 2 is 1.86 bits per heavy atom. The number of aliphatic hydroxyl groups excluding tert-OH is 1. The first-order chi connectivity index (χ1) is 6.20. The molecule has 1 atom stereocenters. The van der Waals surface area contributed by atoms with Crippen LogP contribution < -0.4 is 5.90 Å². The SMILES string of the molecule is CC(O)Cc1ccccc1Cl.NO.[Y]. The van der Waals surface area contributed by atoms with Crippen molar-refractivity contribution in [1.82, 2.24) is 0 Å². The van der Waals surface area contributed by atoms with Gasteiger partial charge in [-0.15, -0.1) is 0 Å². The van der Waals surface area contributed by atoms with Gasteiger partial charge in [0.25, 0.3) is 0 Å². The monoisotopic (exact) mass is 292 g/mol. The van der Waals surface area contributed by atoms with E-state index in [-0.39, 0.29) is 38.8 Å². The summed E-state index contributed by atoms with van der Waals surface area (Å²) in [5.41, 5.74) is 1.00. The van der Waals surface area contributed by atoms with Gasteiger partial charge >= 0.3 is 0 Å². The minimum absolute atomic E-state index is 0. The quantitative estimate of drug-likeness (QED) is 0.725. The molecule has 3 nitrogen and oxygen atoms in total. The average Bonchev–Trinajstić information content (AvgIpc) is 2.12. The van der Waals surface area contributed by atoms with Crippen molar-refractivity contribution in [3.63, 3.8) is 0 Å². The van der Waals surface area contributed by atoms with E-state index in [1.807, 2.05) is 24.3 Å². The van der Waals surface area contributed by atoms with Gasteiger partial charge in [0.1, 0.15) is 0 Å². The van der Waals surface area contributed by atoms with Gasteiger partial charge < -0.3 is 10.3 Å². The molecule has 0 saturated carbocycles. The summed E-state index contributed by atoms with van der Waals surface area (Å²) in [6.07, 6.45) is 0.301. The van der Waals surface area contributed by atoms with E-state index >= 15 is 0 Å². The van der Waals surface area contributed by atoms with E-state index in [0.29, 0.717) is 6.42 Å². The molecule has 0 heterocycles. The van der Waals surface area contributed by atoms with Crippen molar-refractivity contribution in [3.05, 3.63) is 34.9 Å². The third-order valence-electron chi connectivity index (χ3n) is 1.47. The molecule has 0 aromatic heterocycles. The van der Waals surface area contributed by atoms with E-state index in [4.69, 9.17) is 21.9 Å². The van der Waals surface area contributed by atoms with Crippen LogP contribution in [-0.2, 0) is 39.1 Å². The second kappa shape index (κ2) is 10.0. The van der Waals surface area contributed by atoms with E-state index in [1.165, 1.54) is 0 Å². The summed E-state index contributed by atoms with van der Waals surface area (Å²) in [4.78, 5) is 0. The number of hydrogen-bond donors (Lipinski definition) is 3. The molecule has 0 saturated heterocycles. The van der Waals surface area contributed by atoms with Crippen LogP contribution in [0.3, 0.4) is 0 Å². The summed E-state index contributed by atoms with van der Waals surface area (Å²) < 4.78 is 0. The van der Waals surface area contributed by atoms with Crippen molar-refractivity contribution in [1.29, 1.82) is 0 Å². The molecule has 1 aromatic carbocycles. The Bertz CT molecular complexity index is 246. The van der Waals surface area contributed by atoms with Crippen molar-refractivity contribution in [2.75, 3.05) is 0 Å². The van der Waals surface area contributed by atoms with Crippen LogP contribution in [0.4, 0.5) is 0 Å². The van der Waals surface area contributed by atoms with Gasteiger partial charge in [-0.2, -0.15) is 0 Å². The third kappa shape index (κ3) is 6.88. The third-order valence-corrected chi connectivity index (χ3v) is 1.84. The maximum absolute atomic E-state index is 9.07. The summed E-state index contributed by atoms with van der Waals surface area (Å²) >= 11 is 5.86. The van der Waals surface area contributed by atoms with Crippen LogP contribution in [0.5, 0.6) is 0 Å². The molecule has 1 radical (unpaired) electrons. The summed E-state index contributed by atoms with van der Waals surface area (Å²) in [5.74, 6) is 3.50. The topological polar surface area (TPSA) is 66.5 Å². The van der Waals surface area contributed by atoms with E-state index < -0.39 is 0 Å². The minimum atomic E-state index is -0.324. The normalized spacial score (nSPS) is 10.6. The number of halogens is 1. The molecule has 1 unspecified atom stereocenters. The molecule has 0 fully saturated rings. The number of nitrogens with two attached hydrogens (primary N) is 1. The van der Waals surface area contributed by atoms with Gasteiger partial charge in [0, 0.05) is 37.7 Å². The average molecular weight is 293 g/mol. The van der Waals surface area contributed by atoms with Crippen molar-refractivity contribution in [2.24, 2.45) is 5.90 Å². The minimum Gasteiger partial charge on any atom is -0.393 e. The molecule has 1 rings (SSSR count). The van der Waals surface area contributed by atoms with E-state index in [0.717, 1.165) is 10.6 Å². The van der Waals surface area contributed by atoms with Crippen molar-refractivity contribution in [3.8, 4) is 0 Å². The van der Waals surface area contributed by atoms with Gasteiger partial charge in [-0.05, 0) is 25.0 Å². The standard InChI is InChI=1S/C9H11ClO.H3NO.Y/c1-7(11)6-8-4-2-3-5-9(8)10;1-2;/h2-5,7,11H,6H2,1H3;2H,1H2;. The molecule has 0 aliphatic rings. The molecule has 14 heavy (non-hydrogen) atoms. The van der Waals surface area contributed by atoms with Crippen molar-refractivity contribution >= 4 is 11.6 Å². The van der Waals surface area contributed by atoms with E-state index in [2.05, 4.69) is 5.90 Å². The first kappa shape index (κ1) is 16.9. The van der Waals surface area contributed by atoms with Crippen molar-refractivity contribution in [2.45, 2.75) is 19.4 Å². The predicted molar refractivity (Wildman–Crippen MR) is 52.8 cm³/mol. The predicted octanol–water partition coefficient (Wildman–Crippen LogP) is 1.60. The van der Waals surface area contributed by atoms with Gasteiger partial charge in [-0.25, -0.2) is 5.90 Å². The Labute approximate surface area is 114 Å². The fourth-order valence-electron chi connectivity index (χ4n) is 0.982. The van der Waals surface area contributed by atoms with Gasteiger partial charge in [0.05, 0.1) is 6.10 Å². The van der Waals surface area contributed by atoms with Gasteiger partial charge in [0.15, 0.2) is 0 Å². The Balaban J connectivity index is 0. The summed E-state index contributed by atoms with van der Waals surface area (Å²) in [5, 5.41) is 16.3. The fraction of sp³-hybridized carbons (Fsp3) is 0.333. The molecule has 5 heteroatoms. The van der Waals surface area contributed by atoms with Gasteiger partial charge in [-0.1, -0.05) is 29.8 Å². The molecule has 0 bridgehead atoms. The van der Waals surface area contributed by atoms with E-state index in [1.54, 1.807) is 6.92 Å². The molecular weight excluding hydrogens is 278 g/mol. The first-order valence-electron chi connectivity index (χ1n) is 3.87. The van der Waals surface area contributed by atoms with Crippen LogP contribution in [0, 0.1) is 0 Å². The molecule has 77 valence electrons. The number of hydrogen-bond acceptors (Lipinski definition) is 3. The fourth-order valence-corrected chi connectivity index (χ4v) is 1.20. The van der Waals surface area contributed by atoms with Crippen LogP contribution in [0.25, 0.3) is 0 Å². The Kier molecular flexibility index (Phi) is 12.1. The second-order valence-electron chi connectivity index (χ2n) is 2.64. The number of aliphatic hydroxyl groups is 1. The molecule has 0 amide bonds. The van der Waals surface area contributed by atoms with Crippen LogP contribution in [0.15, 0.2) is 24.3 Å². The van der Waals surface area contributed by atoms with Crippen LogP contribution in [0.2, 0.25) is 5.02 Å². The first-order valence-corrected chi connectivity index (χ1v) is 4.25. The molecule has 0 spiro atoms. The maximum atomic E-state index is 9.07. The largest absolute Gasteiger partial charge is 0.393 e. The summed E-state index contributed by atoms with van der Waals surface area (Å²) in [6.45, 7) is 1.75. The zero-order valence-corrected chi connectivity index (χ0v) is 11.6. The van der Waals surface area contributed by atoms with Gasteiger partial charge in [-0.3, -0.25) is 0 Å². The molecule has 4 N–H and O–H groups in total. The second-order valence-corrected chi connectivity index (χ2v) is 3.05. The van der Waals surface area contributed by atoms with Gasteiger partial charge in [0.2, 0.25) is 0 Å². The summed E-state index contributed by atoms with van der Waals surface area (Å²) in [7, 11) is 0. The molecule has 1 aromatic rings. The summed E-state index contributed by atoms with van der Waals surface area (Å²) in [6, 6.07) is 7.56. The van der Waals surface area contributed by atoms with Crippen LogP contribution in [0.1, 0.15) is 12.5 Å². The Morgan fingerprint density at radius 1 is 1.36 bits per heavy atom. The zero-order chi connectivity index (χ0) is 10.3. The maximum Gasteiger partial charge on any atom is 0.0552 e. The smallest absolute Gasteiger partial charge is 0.0552 e.